The van der Waals surface area contributed by atoms with Crippen LogP contribution in [-0.4, -0.2) is 78.1 Å². The van der Waals surface area contributed by atoms with Crippen LogP contribution in [0.2, 0.25) is 0 Å². The monoisotopic (exact) mass is 342 g/mol. The molecule has 3 rings (SSSR count). The number of likely N-dealkylation sites (N-methyl/N-ethyl adjacent to an activating group) is 1. The number of carbonyl (C=O) groups excluding carboxylic acids is 2. The van der Waals surface area contributed by atoms with Crippen LogP contribution < -0.4 is 0 Å². The van der Waals surface area contributed by atoms with Crippen molar-refractivity contribution in [2.45, 2.75) is 25.2 Å². The Labute approximate surface area is 149 Å². The second-order valence-corrected chi connectivity index (χ2v) is 7.00. The molecule has 0 radical (unpaired) electrons. The number of fused-ring (bicyclic) bond motifs is 1. The maximum absolute atomic E-state index is 12.7. The minimum atomic E-state index is -0.243. The predicted octanol–water partition coefficient (Wildman–Crippen LogP) is 2.39. The van der Waals surface area contributed by atoms with Crippen LogP contribution in [0.4, 0.5) is 9.59 Å². The van der Waals surface area contributed by atoms with Crippen molar-refractivity contribution in [2.24, 2.45) is 5.92 Å². The lowest BCUT2D eigenvalue weighted by Crippen LogP contribution is -2.73. The Morgan fingerprint density at radius 3 is 2.00 bits per heavy atom. The number of urea groups is 2. The lowest BCUT2D eigenvalue weighted by atomic mass is 9.82. The highest BCUT2D eigenvalue weighted by atomic mass is 16.2. The van der Waals surface area contributed by atoms with Gasteiger partial charge in [-0.05, 0) is 12.5 Å². The molecule has 2 aliphatic rings. The molecule has 0 spiro atoms. The lowest BCUT2D eigenvalue weighted by Gasteiger charge is -2.57. The van der Waals surface area contributed by atoms with Crippen LogP contribution in [0.1, 0.15) is 12.5 Å². The molecule has 6 heteroatoms. The zero-order chi connectivity index (χ0) is 18.3. The van der Waals surface area contributed by atoms with Gasteiger partial charge in [0.1, 0.15) is 6.17 Å². The van der Waals surface area contributed by atoms with Crippen LogP contribution in [0.5, 0.6) is 0 Å². The summed E-state index contributed by atoms with van der Waals surface area (Å²) in [5, 5.41) is 0. The van der Waals surface area contributed by atoms with Gasteiger partial charge in [-0.2, -0.15) is 0 Å². The van der Waals surface area contributed by atoms with E-state index in [1.165, 1.54) is 0 Å². The third kappa shape index (κ3) is 2.75. The fraction of sp³-hybridized carbons (Fsp3) is 0.474. The smallest absolute Gasteiger partial charge is 0.321 e. The summed E-state index contributed by atoms with van der Waals surface area (Å²) in [5.74, 6) is 0.0976. The molecule has 0 N–H and O–H groups in total. The Bertz CT molecular complexity index is 686. The summed E-state index contributed by atoms with van der Waals surface area (Å²) >= 11 is 0. The van der Waals surface area contributed by atoms with Crippen LogP contribution >= 0.6 is 0 Å². The third-order valence-corrected chi connectivity index (χ3v) is 5.64. The molecule has 2 heterocycles. The van der Waals surface area contributed by atoms with Gasteiger partial charge in [0.2, 0.25) is 0 Å². The van der Waals surface area contributed by atoms with Crippen molar-refractivity contribution >= 4 is 18.1 Å². The molecule has 0 aromatic heterocycles. The quantitative estimate of drug-likeness (QED) is 0.828. The molecule has 0 bridgehead atoms. The first kappa shape index (κ1) is 17.3. The first-order valence-electron chi connectivity index (χ1n) is 8.57. The number of rotatable bonds is 2. The Morgan fingerprint density at radius 1 is 0.840 bits per heavy atom. The molecule has 2 aliphatic heterocycles. The molecule has 0 saturated carbocycles. The molecule has 1 aromatic carbocycles. The van der Waals surface area contributed by atoms with Gasteiger partial charge in [0, 0.05) is 40.2 Å². The van der Waals surface area contributed by atoms with E-state index in [1.54, 1.807) is 33.7 Å². The number of amides is 4. The van der Waals surface area contributed by atoms with Gasteiger partial charge >= 0.3 is 12.1 Å². The van der Waals surface area contributed by atoms with Gasteiger partial charge in [-0.3, -0.25) is 0 Å². The summed E-state index contributed by atoms with van der Waals surface area (Å²) in [6.45, 7) is 2.06. The molecular formula is C19H26N4O2. The minimum Gasteiger partial charge on any atom is -0.324 e. The van der Waals surface area contributed by atoms with E-state index in [0.29, 0.717) is 0 Å². The van der Waals surface area contributed by atoms with Crippen molar-refractivity contribution in [1.29, 1.82) is 0 Å². The van der Waals surface area contributed by atoms with Gasteiger partial charge in [0.05, 0.1) is 6.04 Å². The maximum Gasteiger partial charge on any atom is 0.321 e. The highest BCUT2D eigenvalue weighted by Crippen LogP contribution is 2.36. The first-order valence-corrected chi connectivity index (χ1v) is 8.57. The molecule has 2 saturated heterocycles. The second kappa shape index (κ2) is 6.43. The van der Waals surface area contributed by atoms with E-state index in [4.69, 9.17) is 0 Å². The zero-order valence-electron chi connectivity index (χ0n) is 15.5. The topological polar surface area (TPSA) is 47.1 Å². The summed E-state index contributed by atoms with van der Waals surface area (Å²) in [5.41, 5.74) is 1.10. The average molecular weight is 342 g/mol. The number of hydrogen-bond acceptors (Lipinski definition) is 2. The average Bonchev–Trinajstić information content (AvgIpc) is 2.62. The van der Waals surface area contributed by atoms with Crippen LogP contribution in [0.15, 0.2) is 36.4 Å². The van der Waals surface area contributed by atoms with Crippen LogP contribution in [0, 0.1) is 5.92 Å². The van der Waals surface area contributed by atoms with E-state index in [0.717, 1.165) is 5.56 Å². The normalized spacial score (nSPS) is 30.3. The molecule has 134 valence electrons. The maximum atomic E-state index is 12.7. The lowest BCUT2D eigenvalue weighted by molar-refractivity contribution is -0.0534. The highest BCUT2D eigenvalue weighted by Gasteiger charge is 2.52. The van der Waals surface area contributed by atoms with Crippen molar-refractivity contribution in [3.05, 3.63) is 42.0 Å². The number of hydrogen-bond donors (Lipinski definition) is 0. The Kier molecular flexibility index (Phi) is 4.45. The van der Waals surface area contributed by atoms with Crippen molar-refractivity contribution in [3.63, 3.8) is 0 Å². The summed E-state index contributed by atoms with van der Waals surface area (Å²) in [4.78, 5) is 32.1. The SMILES string of the molecule is C[C@H]1[C@@H]2[C@@H](N(C)C(=O)N(C)[C@@H]2/C=C/c2ccccc2)N(C)C(=O)N1C. The Morgan fingerprint density at radius 2 is 1.40 bits per heavy atom. The van der Waals surface area contributed by atoms with E-state index < -0.39 is 0 Å². The molecule has 1 aromatic rings. The van der Waals surface area contributed by atoms with Gasteiger partial charge in [-0.15, -0.1) is 0 Å². The molecule has 0 unspecified atom stereocenters. The molecule has 2 fully saturated rings. The molecule has 4 atom stereocenters. The van der Waals surface area contributed by atoms with E-state index in [-0.39, 0.29) is 36.2 Å². The third-order valence-electron chi connectivity index (χ3n) is 5.64. The molecule has 6 nitrogen and oxygen atoms in total. The number of benzene rings is 1. The number of carbonyl (C=O) groups is 2. The van der Waals surface area contributed by atoms with Crippen molar-refractivity contribution in [1.82, 2.24) is 19.6 Å². The van der Waals surface area contributed by atoms with Gasteiger partial charge in [-0.25, -0.2) is 9.59 Å². The van der Waals surface area contributed by atoms with Crippen molar-refractivity contribution < 1.29 is 9.59 Å². The number of nitrogens with zero attached hydrogens (tertiary/aromatic N) is 4. The largest absolute Gasteiger partial charge is 0.324 e. The standard InChI is InChI=1S/C19H26N4O2/c1-13-16-15(12-11-14-9-7-6-8-10-14)21(3)19(25)23(5)17(16)22(4)18(24)20(13)2/h6-13,15-17H,1-5H3/b12-11+/t13-,15+,16-,17+/m0/s1. The van der Waals surface area contributed by atoms with Gasteiger partial charge in [-0.1, -0.05) is 42.5 Å². The molecular weight excluding hydrogens is 316 g/mol. The predicted molar refractivity (Wildman–Crippen MR) is 97.8 cm³/mol. The van der Waals surface area contributed by atoms with Crippen molar-refractivity contribution in [3.8, 4) is 0 Å². The zero-order valence-corrected chi connectivity index (χ0v) is 15.5. The summed E-state index contributed by atoms with van der Waals surface area (Å²) in [6, 6.07) is 9.87. The minimum absolute atomic E-state index is 0.0251. The van der Waals surface area contributed by atoms with Gasteiger partial charge in [0.25, 0.3) is 0 Å². The van der Waals surface area contributed by atoms with E-state index in [1.807, 2.05) is 44.4 Å². The second-order valence-electron chi connectivity index (χ2n) is 7.00. The summed E-state index contributed by atoms with van der Waals surface area (Å²) in [7, 11) is 7.21. The first-order chi connectivity index (χ1) is 11.8. The molecule has 25 heavy (non-hydrogen) atoms. The molecule has 4 amide bonds. The highest BCUT2D eigenvalue weighted by molar-refractivity contribution is 5.80. The van der Waals surface area contributed by atoms with Gasteiger partial charge in [0.15, 0.2) is 0 Å². The van der Waals surface area contributed by atoms with Crippen molar-refractivity contribution in [2.75, 3.05) is 28.2 Å². The van der Waals surface area contributed by atoms with Crippen LogP contribution in [-0.2, 0) is 0 Å². The fourth-order valence-electron chi connectivity index (χ4n) is 4.06. The Hall–Kier alpha value is -2.50. The Balaban J connectivity index is 1.99. The fourth-order valence-corrected chi connectivity index (χ4v) is 4.06. The summed E-state index contributed by atoms with van der Waals surface area (Å²) < 4.78 is 0. The van der Waals surface area contributed by atoms with E-state index in [2.05, 4.69) is 19.1 Å². The molecule has 0 aliphatic carbocycles. The van der Waals surface area contributed by atoms with Crippen LogP contribution in [0.25, 0.3) is 6.08 Å². The van der Waals surface area contributed by atoms with E-state index >= 15 is 0 Å². The van der Waals surface area contributed by atoms with Crippen LogP contribution in [0.3, 0.4) is 0 Å². The van der Waals surface area contributed by atoms with Gasteiger partial charge < -0.3 is 19.6 Å². The summed E-state index contributed by atoms with van der Waals surface area (Å²) in [6.07, 6.45) is 3.90. The van der Waals surface area contributed by atoms with E-state index in [9.17, 15) is 9.59 Å².